The molecule has 0 aromatic heterocycles. The lowest BCUT2D eigenvalue weighted by Gasteiger charge is -2.07. The van der Waals surface area contributed by atoms with Gasteiger partial charge in [0.05, 0.1) is 0 Å². The first-order valence-electron chi connectivity index (χ1n) is 6.32. The maximum Gasteiger partial charge on any atom is 0.303 e. The zero-order chi connectivity index (χ0) is 13.5. The van der Waals surface area contributed by atoms with Crippen LogP contribution in [0.2, 0.25) is 0 Å². The van der Waals surface area contributed by atoms with Crippen molar-refractivity contribution in [1.29, 1.82) is 0 Å². The molecule has 0 fully saturated rings. The smallest absolute Gasteiger partial charge is 0.303 e. The standard InChI is InChI=1S/C16H17NO2/c18-16(19)11-10-13-6-8-14(9-7-13)12-17-15-4-2-1-3-5-15/h1-9,17H,10-12H2,(H,18,19). The number of carbonyl (C=O) groups is 1. The summed E-state index contributed by atoms with van der Waals surface area (Å²) in [4.78, 5) is 10.5. The van der Waals surface area contributed by atoms with E-state index in [9.17, 15) is 4.79 Å². The Kier molecular flexibility index (Phi) is 4.56. The van der Waals surface area contributed by atoms with Gasteiger partial charge in [-0.15, -0.1) is 0 Å². The first-order chi connectivity index (χ1) is 9.24. The normalized spacial score (nSPS) is 10.1. The van der Waals surface area contributed by atoms with Gasteiger partial charge in [0.2, 0.25) is 0 Å². The summed E-state index contributed by atoms with van der Waals surface area (Å²) >= 11 is 0. The average molecular weight is 255 g/mol. The van der Waals surface area contributed by atoms with Gasteiger partial charge in [0.25, 0.3) is 0 Å². The Balaban J connectivity index is 1.86. The summed E-state index contributed by atoms with van der Waals surface area (Å²) in [6, 6.07) is 18.1. The van der Waals surface area contributed by atoms with Crippen LogP contribution in [0.3, 0.4) is 0 Å². The van der Waals surface area contributed by atoms with Crippen molar-refractivity contribution >= 4 is 11.7 Å². The van der Waals surface area contributed by atoms with Crippen LogP contribution in [-0.2, 0) is 17.8 Å². The molecule has 0 unspecified atom stereocenters. The molecule has 0 saturated carbocycles. The van der Waals surface area contributed by atoms with Crippen molar-refractivity contribution in [1.82, 2.24) is 0 Å². The van der Waals surface area contributed by atoms with Gasteiger partial charge in [0.1, 0.15) is 0 Å². The number of hydrogen-bond acceptors (Lipinski definition) is 2. The Morgan fingerprint density at radius 1 is 0.947 bits per heavy atom. The predicted molar refractivity (Wildman–Crippen MR) is 76.2 cm³/mol. The van der Waals surface area contributed by atoms with E-state index in [4.69, 9.17) is 5.11 Å². The first-order valence-corrected chi connectivity index (χ1v) is 6.32. The molecule has 0 aliphatic carbocycles. The van der Waals surface area contributed by atoms with Crippen LogP contribution in [0.15, 0.2) is 54.6 Å². The minimum absolute atomic E-state index is 0.182. The molecule has 2 aromatic rings. The molecule has 98 valence electrons. The number of rotatable bonds is 6. The molecule has 2 N–H and O–H groups in total. The van der Waals surface area contributed by atoms with Gasteiger partial charge in [-0.1, -0.05) is 42.5 Å². The molecule has 2 aromatic carbocycles. The third kappa shape index (κ3) is 4.47. The zero-order valence-electron chi connectivity index (χ0n) is 10.7. The van der Waals surface area contributed by atoms with Crippen molar-refractivity contribution in [2.24, 2.45) is 0 Å². The summed E-state index contributed by atoms with van der Waals surface area (Å²) < 4.78 is 0. The number of para-hydroxylation sites is 1. The van der Waals surface area contributed by atoms with Crippen LogP contribution in [0.4, 0.5) is 5.69 Å². The summed E-state index contributed by atoms with van der Waals surface area (Å²) in [7, 11) is 0. The number of aliphatic carboxylic acids is 1. The quantitative estimate of drug-likeness (QED) is 0.832. The largest absolute Gasteiger partial charge is 0.481 e. The summed E-state index contributed by atoms with van der Waals surface area (Å²) in [5, 5.41) is 12.0. The Morgan fingerprint density at radius 3 is 2.21 bits per heavy atom. The van der Waals surface area contributed by atoms with Gasteiger partial charge in [0.15, 0.2) is 0 Å². The Bertz CT molecular complexity index is 520. The van der Waals surface area contributed by atoms with Crippen LogP contribution in [0.1, 0.15) is 17.5 Å². The van der Waals surface area contributed by atoms with Gasteiger partial charge in [-0.3, -0.25) is 4.79 Å². The number of aryl methyl sites for hydroxylation is 1. The second-order valence-electron chi connectivity index (χ2n) is 4.43. The SMILES string of the molecule is O=C(O)CCc1ccc(CNc2ccccc2)cc1. The van der Waals surface area contributed by atoms with Gasteiger partial charge >= 0.3 is 5.97 Å². The second kappa shape index (κ2) is 6.59. The molecule has 2 rings (SSSR count). The van der Waals surface area contributed by atoms with Gasteiger partial charge < -0.3 is 10.4 Å². The van der Waals surface area contributed by atoms with Crippen LogP contribution in [0, 0.1) is 0 Å². The van der Waals surface area contributed by atoms with E-state index >= 15 is 0 Å². The van der Waals surface area contributed by atoms with E-state index in [1.165, 1.54) is 5.56 Å². The van der Waals surface area contributed by atoms with E-state index in [-0.39, 0.29) is 6.42 Å². The topological polar surface area (TPSA) is 49.3 Å². The van der Waals surface area contributed by atoms with Crippen molar-refractivity contribution in [3.63, 3.8) is 0 Å². The summed E-state index contributed by atoms with van der Waals surface area (Å²) in [6.07, 6.45) is 0.767. The van der Waals surface area contributed by atoms with Crippen molar-refractivity contribution in [2.45, 2.75) is 19.4 Å². The van der Waals surface area contributed by atoms with E-state index in [0.717, 1.165) is 17.8 Å². The Morgan fingerprint density at radius 2 is 1.58 bits per heavy atom. The summed E-state index contributed by atoms with van der Waals surface area (Å²) in [5.74, 6) is -0.755. The highest BCUT2D eigenvalue weighted by Crippen LogP contribution is 2.10. The lowest BCUT2D eigenvalue weighted by atomic mass is 10.1. The van der Waals surface area contributed by atoms with Gasteiger partial charge in [0, 0.05) is 18.7 Å². The average Bonchev–Trinajstić information content (AvgIpc) is 2.45. The van der Waals surface area contributed by atoms with E-state index in [2.05, 4.69) is 5.32 Å². The lowest BCUT2D eigenvalue weighted by molar-refractivity contribution is -0.136. The molecule has 0 saturated heterocycles. The Hall–Kier alpha value is -2.29. The van der Waals surface area contributed by atoms with Crippen LogP contribution in [0.25, 0.3) is 0 Å². The molecule has 19 heavy (non-hydrogen) atoms. The van der Waals surface area contributed by atoms with Crippen molar-refractivity contribution in [3.05, 3.63) is 65.7 Å². The number of carboxylic acids is 1. The van der Waals surface area contributed by atoms with Gasteiger partial charge in [-0.25, -0.2) is 0 Å². The highest BCUT2D eigenvalue weighted by atomic mass is 16.4. The third-order valence-electron chi connectivity index (χ3n) is 2.92. The molecule has 0 aliphatic rings. The highest BCUT2D eigenvalue weighted by Gasteiger charge is 1.99. The summed E-state index contributed by atoms with van der Waals surface area (Å²) in [5.41, 5.74) is 3.34. The minimum Gasteiger partial charge on any atom is -0.481 e. The van der Waals surface area contributed by atoms with E-state index in [1.54, 1.807) is 0 Å². The van der Waals surface area contributed by atoms with Crippen molar-refractivity contribution in [3.8, 4) is 0 Å². The van der Waals surface area contributed by atoms with Crippen LogP contribution in [-0.4, -0.2) is 11.1 Å². The number of benzene rings is 2. The van der Waals surface area contributed by atoms with E-state index in [1.807, 2.05) is 54.6 Å². The zero-order valence-corrected chi connectivity index (χ0v) is 10.7. The van der Waals surface area contributed by atoms with Crippen LogP contribution in [0.5, 0.6) is 0 Å². The van der Waals surface area contributed by atoms with Gasteiger partial charge in [-0.05, 0) is 29.7 Å². The van der Waals surface area contributed by atoms with E-state index < -0.39 is 5.97 Å². The van der Waals surface area contributed by atoms with Crippen molar-refractivity contribution < 1.29 is 9.90 Å². The van der Waals surface area contributed by atoms with Crippen LogP contribution >= 0.6 is 0 Å². The van der Waals surface area contributed by atoms with Gasteiger partial charge in [-0.2, -0.15) is 0 Å². The minimum atomic E-state index is -0.755. The van der Waals surface area contributed by atoms with Crippen molar-refractivity contribution in [2.75, 3.05) is 5.32 Å². The number of carboxylic acid groups (broad SMARTS) is 1. The molecule has 0 bridgehead atoms. The first kappa shape index (κ1) is 13.1. The molecule has 0 atom stereocenters. The number of anilines is 1. The molecule has 0 spiro atoms. The molecule has 0 heterocycles. The molecule has 3 heteroatoms. The summed E-state index contributed by atoms with van der Waals surface area (Å²) in [6.45, 7) is 0.767. The molecule has 0 radical (unpaired) electrons. The molecule has 0 aliphatic heterocycles. The molecule has 0 amide bonds. The fraction of sp³-hybridized carbons (Fsp3) is 0.188. The lowest BCUT2D eigenvalue weighted by Crippen LogP contribution is -2.00. The predicted octanol–water partition coefficient (Wildman–Crippen LogP) is 3.32. The molecule has 3 nitrogen and oxygen atoms in total. The van der Waals surface area contributed by atoms with E-state index in [0.29, 0.717) is 6.42 Å². The number of nitrogens with one attached hydrogen (secondary N) is 1. The highest BCUT2D eigenvalue weighted by molar-refractivity contribution is 5.67. The maximum absolute atomic E-state index is 10.5. The fourth-order valence-corrected chi connectivity index (χ4v) is 1.84. The molecular weight excluding hydrogens is 238 g/mol. The van der Waals surface area contributed by atoms with Crippen LogP contribution < -0.4 is 5.32 Å². The number of hydrogen-bond donors (Lipinski definition) is 2. The third-order valence-corrected chi connectivity index (χ3v) is 2.92. The molecular formula is C16H17NO2. The monoisotopic (exact) mass is 255 g/mol. The maximum atomic E-state index is 10.5. The second-order valence-corrected chi connectivity index (χ2v) is 4.43. The Labute approximate surface area is 112 Å². The fourth-order valence-electron chi connectivity index (χ4n) is 1.84.